The van der Waals surface area contributed by atoms with Crippen LogP contribution in [0, 0.1) is 5.82 Å². The molecule has 0 atom stereocenters. The highest BCUT2D eigenvalue weighted by atomic mass is 79.9. The predicted octanol–water partition coefficient (Wildman–Crippen LogP) is 5.39. The standard InChI is InChI=1S/C17H11BrCl2FN3O/c18-12-9-24(8-11-14(20)6-3-7-15(11)21)23-16(12)22-17(25)10-4-1-2-5-13(10)19/h1-7,9H,8H2,(H,22,23,25). The van der Waals surface area contributed by atoms with Crippen molar-refractivity contribution in [3.05, 3.63) is 80.1 Å². The highest BCUT2D eigenvalue weighted by molar-refractivity contribution is 9.10. The highest BCUT2D eigenvalue weighted by Gasteiger charge is 2.15. The Hall–Kier alpha value is -1.89. The van der Waals surface area contributed by atoms with E-state index >= 15 is 0 Å². The number of hydrogen-bond acceptors (Lipinski definition) is 2. The van der Waals surface area contributed by atoms with E-state index in [1.54, 1.807) is 36.5 Å². The van der Waals surface area contributed by atoms with Gasteiger partial charge in [0.25, 0.3) is 5.91 Å². The quantitative estimate of drug-likeness (QED) is 0.588. The van der Waals surface area contributed by atoms with Crippen molar-refractivity contribution in [3.63, 3.8) is 0 Å². The molecule has 0 bridgehead atoms. The Bertz CT molecular complexity index is 925. The third-order valence-electron chi connectivity index (χ3n) is 3.45. The Kier molecular flexibility index (Phi) is 5.42. The molecule has 0 fully saturated rings. The Morgan fingerprint density at radius 2 is 1.88 bits per heavy atom. The molecule has 0 saturated carbocycles. The molecule has 0 aliphatic carbocycles. The molecule has 0 unspecified atom stereocenters. The van der Waals surface area contributed by atoms with Gasteiger partial charge in [0.05, 0.1) is 21.6 Å². The number of hydrogen-bond donors (Lipinski definition) is 1. The normalized spacial score (nSPS) is 10.7. The van der Waals surface area contributed by atoms with Crippen LogP contribution in [0.5, 0.6) is 0 Å². The number of nitrogens with zero attached hydrogens (tertiary/aromatic N) is 2. The summed E-state index contributed by atoms with van der Waals surface area (Å²) < 4.78 is 15.9. The van der Waals surface area contributed by atoms with Crippen LogP contribution in [0.1, 0.15) is 15.9 Å². The molecule has 1 amide bonds. The van der Waals surface area contributed by atoms with E-state index in [9.17, 15) is 9.18 Å². The fourth-order valence-electron chi connectivity index (χ4n) is 2.23. The maximum absolute atomic E-state index is 13.9. The smallest absolute Gasteiger partial charge is 0.258 e. The number of rotatable bonds is 4. The summed E-state index contributed by atoms with van der Waals surface area (Å²) in [6.07, 6.45) is 1.63. The van der Waals surface area contributed by atoms with Gasteiger partial charge in [-0.15, -0.1) is 0 Å². The third-order valence-corrected chi connectivity index (χ3v) is 4.71. The van der Waals surface area contributed by atoms with Gasteiger partial charge < -0.3 is 5.32 Å². The zero-order valence-corrected chi connectivity index (χ0v) is 15.7. The first-order chi connectivity index (χ1) is 12.0. The molecule has 1 aromatic heterocycles. The Morgan fingerprint density at radius 1 is 1.16 bits per heavy atom. The number of aromatic nitrogens is 2. The van der Waals surface area contributed by atoms with Gasteiger partial charge in [-0.3, -0.25) is 9.48 Å². The van der Waals surface area contributed by atoms with Crippen molar-refractivity contribution < 1.29 is 9.18 Å². The Balaban J connectivity index is 1.81. The molecular formula is C17H11BrCl2FN3O. The number of anilines is 1. The number of carbonyl (C=O) groups is 1. The second-order valence-electron chi connectivity index (χ2n) is 5.16. The summed E-state index contributed by atoms with van der Waals surface area (Å²) >= 11 is 15.4. The molecule has 8 heteroatoms. The van der Waals surface area contributed by atoms with Crippen molar-refractivity contribution in [1.82, 2.24) is 9.78 Å². The van der Waals surface area contributed by atoms with Gasteiger partial charge in [-0.25, -0.2) is 4.39 Å². The molecule has 0 saturated heterocycles. The van der Waals surface area contributed by atoms with Gasteiger partial charge in [0.1, 0.15) is 5.82 Å². The lowest BCUT2D eigenvalue weighted by Crippen LogP contribution is -2.13. The van der Waals surface area contributed by atoms with Gasteiger partial charge in [0, 0.05) is 16.8 Å². The maximum atomic E-state index is 13.9. The molecule has 0 aliphatic heterocycles. The first-order valence-electron chi connectivity index (χ1n) is 7.17. The highest BCUT2D eigenvalue weighted by Crippen LogP contribution is 2.25. The summed E-state index contributed by atoms with van der Waals surface area (Å²) in [7, 11) is 0. The first-order valence-corrected chi connectivity index (χ1v) is 8.72. The summed E-state index contributed by atoms with van der Waals surface area (Å²) in [5, 5.41) is 7.58. The molecular weight excluding hydrogens is 432 g/mol. The van der Waals surface area contributed by atoms with Gasteiger partial charge in [-0.05, 0) is 40.2 Å². The maximum Gasteiger partial charge on any atom is 0.258 e. The summed E-state index contributed by atoms with van der Waals surface area (Å²) in [6.45, 7) is 0.131. The van der Waals surface area contributed by atoms with E-state index in [4.69, 9.17) is 23.2 Å². The molecule has 0 radical (unpaired) electrons. The van der Waals surface area contributed by atoms with E-state index in [0.29, 0.717) is 31.5 Å². The molecule has 4 nitrogen and oxygen atoms in total. The van der Waals surface area contributed by atoms with Gasteiger partial charge in [-0.1, -0.05) is 41.4 Å². The van der Waals surface area contributed by atoms with Crippen LogP contribution in [0.3, 0.4) is 0 Å². The first kappa shape index (κ1) is 17.9. The SMILES string of the molecule is O=C(Nc1nn(Cc2c(F)cccc2Cl)cc1Br)c1ccccc1Cl. The van der Waals surface area contributed by atoms with Crippen molar-refractivity contribution in [1.29, 1.82) is 0 Å². The second kappa shape index (κ2) is 7.56. The van der Waals surface area contributed by atoms with Gasteiger partial charge >= 0.3 is 0 Å². The fraction of sp³-hybridized carbons (Fsp3) is 0.0588. The monoisotopic (exact) mass is 441 g/mol. The molecule has 0 aliphatic rings. The molecule has 0 spiro atoms. The third kappa shape index (κ3) is 4.03. The molecule has 2 aromatic carbocycles. The molecule has 3 rings (SSSR count). The number of halogens is 4. The van der Waals surface area contributed by atoms with Crippen LogP contribution in [-0.4, -0.2) is 15.7 Å². The Morgan fingerprint density at radius 3 is 2.60 bits per heavy atom. The van der Waals surface area contributed by atoms with Gasteiger partial charge in [0.15, 0.2) is 5.82 Å². The molecule has 1 heterocycles. The average Bonchev–Trinajstić information content (AvgIpc) is 2.91. The molecule has 25 heavy (non-hydrogen) atoms. The fourth-order valence-corrected chi connectivity index (χ4v) is 3.09. The van der Waals surface area contributed by atoms with E-state index in [2.05, 4.69) is 26.3 Å². The van der Waals surface area contributed by atoms with Crippen LogP contribution in [0.2, 0.25) is 10.0 Å². The van der Waals surface area contributed by atoms with Crippen LogP contribution in [0.25, 0.3) is 0 Å². The van der Waals surface area contributed by atoms with E-state index in [1.807, 2.05) is 0 Å². The lowest BCUT2D eigenvalue weighted by Gasteiger charge is -2.06. The van der Waals surface area contributed by atoms with Crippen molar-refractivity contribution >= 4 is 50.9 Å². The lowest BCUT2D eigenvalue weighted by atomic mass is 10.2. The van der Waals surface area contributed by atoms with E-state index in [0.717, 1.165) is 0 Å². The van der Waals surface area contributed by atoms with Crippen molar-refractivity contribution in [2.24, 2.45) is 0 Å². The van der Waals surface area contributed by atoms with Crippen LogP contribution in [-0.2, 0) is 6.54 Å². The minimum atomic E-state index is -0.416. The minimum Gasteiger partial charge on any atom is -0.304 e. The van der Waals surface area contributed by atoms with Crippen molar-refractivity contribution in [3.8, 4) is 0 Å². The number of nitrogens with one attached hydrogen (secondary N) is 1. The van der Waals surface area contributed by atoms with Crippen molar-refractivity contribution in [2.75, 3.05) is 5.32 Å². The number of carbonyl (C=O) groups excluding carboxylic acids is 1. The van der Waals surface area contributed by atoms with E-state index in [-0.39, 0.29) is 12.5 Å². The number of benzene rings is 2. The van der Waals surface area contributed by atoms with Crippen molar-refractivity contribution in [2.45, 2.75) is 6.54 Å². The molecule has 1 N–H and O–H groups in total. The molecule has 3 aromatic rings. The zero-order chi connectivity index (χ0) is 18.0. The second-order valence-corrected chi connectivity index (χ2v) is 6.83. The lowest BCUT2D eigenvalue weighted by molar-refractivity contribution is 0.102. The van der Waals surface area contributed by atoms with Gasteiger partial charge in [0.2, 0.25) is 0 Å². The van der Waals surface area contributed by atoms with Crippen LogP contribution < -0.4 is 5.32 Å². The zero-order valence-electron chi connectivity index (χ0n) is 12.6. The van der Waals surface area contributed by atoms with Crippen LogP contribution in [0.4, 0.5) is 10.2 Å². The minimum absolute atomic E-state index is 0.131. The van der Waals surface area contributed by atoms with Crippen LogP contribution in [0.15, 0.2) is 53.1 Å². The summed E-state index contributed by atoms with van der Waals surface area (Å²) in [4.78, 5) is 12.3. The molecule has 128 valence electrons. The van der Waals surface area contributed by atoms with E-state index in [1.165, 1.54) is 16.8 Å². The largest absolute Gasteiger partial charge is 0.304 e. The summed E-state index contributed by atoms with van der Waals surface area (Å²) in [6, 6.07) is 11.2. The average molecular weight is 443 g/mol. The Labute approximate surface area is 161 Å². The van der Waals surface area contributed by atoms with Crippen LogP contribution >= 0.6 is 39.1 Å². The van der Waals surface area contributed by atoms with E-state index < -0.39 is 5.82 Å². The van der Waals surface area contributed by atoms with Gasteiger partial charge in [-0.2, -0.15) is 5.10 Å². The summed E-state index contributed by atoms with van der Waals surface area (Å²) in [5.41, 5.74) is 0.658. The predicted molar refractivity (Wildman–Crippen MR) is 99.8 cm³/mol. The number of amides is 1. The topological polar surface area (TPSA) is 46.9 Å². The summed E-state index contributed by atoms with van der Waals surface area (Å²) in [5.74, 6) is -0.501.